The first kappa shape index (κ1) is 14.0. The maximum absolute atomic E-state index is 12.3. The molecule has 1 atom stereocenters. The lowest BCUT2D eigenvalue weighted by atomic mass is 9.90. The molecule has 0 spiro atoms. The molecule has 21 heavy (non-hydrogen) atoms. The van der Waals surface area contributed by atoms with Gasteiger partial charge in [0.1, 0.15) is 0 Å². The molecule has 6 nitrogen and oxygen atoms in total. The van der Waals surface area contributed by atoms with Crippen LogP contribution in [-0.4, -0.2) is 43.8 Å². The quantitative estimate of drug-likeness (QED) is 0.918. The Bertz CT molecular complexity index is 652. The molecular weight excluding hydrogens is 266 g/mol. The molecule has 112 valence electrons. The lowest BCUT2D eigenvalue weighted by Gasteiger charge is -2.43. The monoisotopic (exact) mass is 287 g/mol. The van der Waals surface area contributed by atoms with Crippen molar-refractivity contribution in [2.75, 3.05) is 13.1 Å². The predicted octanol–water partition coefficient (Wildman–Crippen LogP) is 1.22. The highest BCUT2D eigenvalue weighted by molar-refractivity contribution is 5.86. The van der Waals surface area contributed by atoms with Crippen molar-refractivity contribution in [2.24, 2.45) is 0 Å². The van der Waals surface area contributed by atoms with E-state index >= 15 is 0 Å². The number of nitrogens with one attached hydrogen (secondary N) is 1. The van der Waals surface area contributed by atoms with Crippen LogP contribution in [0.15, 0.2) is 24.8 Å². The lowest BCUT2D eigenvalue weighted by molar-refractivity contribution is -0.137. The van der Waals surface area contributed by atoms with Gasteiger partial charge in [-0.2, -0.15) is 0 Å². The minimum absolute atomic E-state index is 0.131. The number of hydrogen-bond donors (Lipinski definition) is 1. The van der Waals surface area contributed by atoms with Crippen molar-refractivity contribution in [1.29, 1.82) is 0 Å². The van der Waals surface area contributed by atoms with Crippen molar-refractivity contribution in [3.63, 3.8) is 0 Å². The molecule has 0 radical (unpaired) electrons. The molecule has 0 saturated carbocycles. The van der Waals surface area contributed by atoms with Crippen LogP contribution in [-0.2, 0) is 11.3 Å². The van der Waals surface area contributed by atoms with Crippen LogP contribution in [0.3, 0.4) is 0 Å². The third-order valence-corrected chi connectivity index (χ3v) is 4.34. The molecule has 0 bridgehead atoms. The SMILES string of the molecule is CCCC1(C)C(=O)NCCN1Cc1cnc2cnccn12. The van der Waals surface area contributed by atoms with Crippen LogP contribution in [0.5, 0.6) is 0 Å². The van der Waals surface area contributed by atoms with E-state index in [0.29, 0.717) is 6.54 Å². The van der Waals surface area contributed by atoms with Gasteiger partial charge in [-0.15, -0.1) is 0 Å². The standard InChI is InChI=1S/C15H21N5O/c1-3-4-15(2)14(21)17-6-7-19(15)11-12-9-18-13-10-16-5-8-20(12)13/h5,8-10H,3-4,6-7,11H2,1-2H3,(H,17,21). The van der Waals surface area contributed by atoms with Gasteiger partial charge in [0.2, 0.25) is 5.91 Å². The summed E-state index contributed by atoms with van der Waals surface area (Å²) in [6, 6.07) is 0. The number of rotatable bonds is 4. The van der Waals surface area contributed by atoms with Gasteiger partial charge in [0.05, 0.1) is 23.6 Å². The summed E-state index contributed by atoms with van der Waals surface area (Å²) in [5.74, 6) is 0.131. The Kier molecular flexibility index (Phi) is 3.63. The van der Waals surface area contributed by atoms with E-state index in [1.807, 2.05) is 23.7 Å². The van der Waals surface area contributed by atoms with Gasteiger partial charge in [-0.1, -0.05) is 13.3 Å². The molecular formula is C15H21N5O. The molecule has 2 aromatic rings. The number of piperazine rings is 1. The second-order valence-corrected chi connectivity index (χ2v) is 5.76. The van der Waals surface area contributed by atoms with E-state index in [1.54, 1.807) is 12.4 Å². The van der Waals surface area contributed by atoms with E-state index in [9.17, 15) is 4.79 Å². The largest absolute Gasteiger partial charge is 0.353 e. The zero-order valence-electron chi connectivity index (χ0n) is 12.5. The number of aromatic nitrogens is 3. The fourth-order valence-electron chi connectivity index (χ4n) is 3.10. The third-order valence-electron chi connectivity index (χ3n) is 4.34. The summed E-state index contributed by atoms with van der Waals surface area (Å²) >= 11 is 0. The highest BCUT2D eigenvalue weighted by Crippen LogP contribution is 2.26. The second kappa shape index (κ2) is 5.44. The van der Waals surface area contributed by atoms with Gasteiger partial charge in [-0.05, 0) is 13.3 Å². The normalized spacial score (nSPS) is 23.4. The molecule has 1 unspecified atom stereocenters. The molecule has 1 saturated heterocycles. The molecule has 1 aliphatic rings. The average Bonchev–Trinajstić information content (AvgIpc) is 2.88. The van der Waals surface area contributed by atoms with Crippen molar-refractivity contribution in [1.82, 2.24) is 24.6 Å². The summed E-state index contributed by atoms with van der Waals surface area (Å²) in [6.45, 7) is 6.44. The Labute approximate surface area is 124 Å². The zero-order valence-corrected chi connectivity index (χ0v) is 12.5. The Morgan fingerprint density at radius 2 is 2.29 bits per heavy atom. The number of amides is 1. The van der Waals surface area contributed by atoms with Crippen LogP contribution in [0.2, 0.25) is 0 Å². The second-order valence-electron chi connectivity index (χ2n) is 5.76. The molecule has 1 aliphatic heterocycles. The summed E-state index contributed by atoms with van der Waals surface area (Å²) in [4.78, 5) is 23.0. The average molecular weight is 287 g/mol. The van der Waals surface area contributed by atoms with Crippen molar-refractivity contribution in [3.8, 4) is 0 Å². The van der Waals surface area contributed by atoms with E-state index in [-0.39, 0.29) is 5.91 Å². The summed E-state index contributed by atoms with van der Waals surface area (Å²) in [5.41, 5.74) is 1.49. The number of fused-ring (bicyclic) bond motifs is 1. The Morgan fingerprint density at radius 1 is 1.43 bits per heavy atom. The van der Waals surface area contributed by atoms with E-state index in [0.717, 1.165) is 37.3 Å². The Hall–Kier alpha value is -1.95. The van der Waals surface area contributed by atoms with Crippen LogP contribution in [0, 0.1) is 0 Å². The summed E-state index contributed by atoms with van der Waals surface area (Å²) in [5, 5.41) is 2.99. The smallest absolute Gasteiger partial charge is 0.240 e. The van der Waals surface area contributed by atoms with Crippen molar-refractivity contribution < 1.29 is 4.79 Å². The van der Waals surface area contributed by atoms with E-state index in [4.69, 9.17) is 0 Å². The first-order valence-electron chi connectivity index (χ1n) is 7.44. The maximum Gasteiger partial charge on any atom is 0.240 e. The summed E-state index contributed by atoms with van der Waals surface area (Å²) in [6.07, 6.45) is 9.13. The van der Waals surface area contributed by atoms with Gasteiger partial charge >= 0.3 is 0 Å². The first-order chi connectivity index (χ1) is 10.1. The van der Waals surface area contributed by atoms with Crippen molar-refractivity contribution in [3.05, 3.63) is 30.5 Å². The Balaban J connectivity index is 1.90. The highest BCUT2D eigenvalue weighted by atomic mass is 16.2. The third kappa shape index (κ3) is 2.40. The summed E-state index contributed by atoms with van der Waals surface area (Å²) in [7, 11) is 0. The van der Waals surface area contributed by atoms with Crippen LogP contribution in [0.4, 0.5) is 0 Å². The fraction of sp³-hybridized carbons (Fsp3) is 0.533. The van der Waals surface area contributed by atoms with Gasteiger partial charge in [-0.25, -0.2) is 4.98 Å². The van der Waals surface area contributed by atoms with Gasteiger partial charge in [-0.3, -0.25) is 19.1 Å². The van der Waals surface area contributed by atoms with Crippen LogP contribution < -0.4 is 5.32 Å². The molecule has 1 fully saturated rings. The number of nitrogens with zero attached hydrogens (tertiary/aromatic N) is 4. The van der Waals surface area contributed by atoms with E-state index in [2.05, 4.69) is 27.1 Å². The molecule has 0 aromatic carbocycles. The van der Waals surface area contributed by atoms with E-state index < -0.39 is 5.54 Å². The molecule has 3 rings (SSSR count). The lowest BCUT2D eigenvalue weighted by Crippen LogP contribution is -2.62. The molecule has 6 heteroatoms. The molecule has 2 aromatic heterocycles. The molecule has 3 heterocycles. The first-order valence-corrected chi connectivity index (χ1v) is 7.44. The van der Waals surface area contributed by atoms with Crippen LogP contribution >= 0.6 is 0 Å². The van der Waals surface area contributed by atoms with E-state index in [1.165, 1.54) is 0 Å². The maximum atomic E-state index is 12.3. The number of hydrogen-bond acceptors (Lipinski definition) is 4. The number of carbonyl (C=O) groups is 1. The molecule has 1 amide bonds. The fourth-order valence-corrected chi connectivity index (χ4v) is 3.10. The zero-order chi connectivity index (χ0) is 14.9. The van der Waals surface area contributed by atoms with Gasteiger partial charge in [0.25, 0.3) is 0 Å². The number of carbonyl (C=O) groups excluding carboxylic acids is 1. The summed E-state index contributed by atoms with van der Waals surface area (Å²) < 4.78 is 2.03. The highest BCUT2D eigenvalue weighted by Gasteiger charge is 2.41. The van der Waals surface area contributed by atoms with Crippen LogP contribution in [0.25, 0.3) is 5.65 Å². The number of imidazole rings is 1. The minimum atomic E-state index is -0.440. The van der Waals surface area contributed by atoms with Crippen molar-refractivity contribution in [2.45, 2.75) is 38.8 Å². The topological polar surface area (TPSA) is 62.5 Å². The predicted molar refractivity (Wildman–Crippen MR) is 79.7 cm³/mol. The van der Waals surface area contributed by atoms with Crippen LogP contribution in [0.1, 0.15) is 32.4 Å². The minimum Gasteiger partial charge on any atom is -0.353 e. The van der Waals surface area contributed by atoms with Crippen molar-refractivity contribution >= 4 is 11.6 Å². The van der Waals surface area contributed by atoms with Gasteiger partial charge in [0, 0.05) is 32.0 Å². The van der Waals surface area contributed by atoms with Gasteiger partial charge in [0.15, 0.2) is 5.65 Å². The molecule has 1 N–H and O–H groups in total. The van der Waals surface area contributed by atoms with Gasteiger partial charge < -0.3 is 5.32 Å². The molecule has 0 aliphatic carbocycles. The Morgan fingerprint density at radius 3 is 3.10 bits per heavy atom.